The highest BCUT2D eigenvalue weighted by atomic mass is 127. The molecule has 2 heterocycles. The standard InChI is InChI=1S/C23H37N3O4.HI/c1-4-24-23(25-16-18-8-9-21(27-3)22(15-18)28-5-2)26-12-10-19(11-13-26)30-17-20-7-6-14-29-20;/h8-9,15,19-20H,4-7,10-14,16-17H2,1-3H3,(H,24,25);1H. The average molecular weight is 547 g/mol. The van der Waals surface area contributed by atoms with Crippen molar-refractivity contribution in [3.63, 3.8) is 0 Å². The molecule has 31 heavy (non-hydrogen) atoms. The molecule has 8 heteroatoms. The van der Waals surface area contributed by atoms with Crippen LogP contribution in [-0.4, -0.2) is 69.6 Å². The van der Waals surface area contributed by atoms with Crippen LogP contribution < -0.4 is 14.8 Å². The predicted molar refractivity (Wildman–Crippen MR) is 134 cm³/mol. The van der Waals surface area contributed by atoms with Crippen molar-refractivity contribution in [1.82, 2.24) is 10.2 Å². The Bertz CT molecular complexity index is 675. The molecule has 0 aliphatic carbocycles. The summed E-state index contributed by atoms with van der Waals surface area (Å²) in [5, 5.41) is 3.44. The Kier molecular flexibility index (Phi) is 11.7. The first-order chi connectivity index (χ1) is 14.7. The van der Waals surface area contributed by atoms with E-state index in [2.05, 4.69) is 17.1 Å². The van der Waals surface area contributed by atoms with Gasteiger partial charge in [0.2, 0.25) is 0 Å². The Balaban J connectivity index is 0.00000341. The van der Waals surface area contributed by atoms with Crippen LogP contribution in [0.15, 0.2) is 23.2 Å². The third-order valence-corrected chi connectivity index (χ3v) is 5.56. The van der Waals surface area contributed by atoms with Crippen molar-refractivity contribution in [3.8, 4) is 11.5 Å². The van der Waals surface area contributed by atoms with Crippen molar-refractivity contribution in [2.75, 3.05) is 46.6 Å². The van der Waals surface area contributed by atoms with Gasteiger partial charge in [0.1, 0.15) is 0 Å². The Hall–Kier alpha value is -1.26. The van der Waals surface area contributed by atoms with Crippen LogP contribution in [0.3, 0.4) is 0 Å². The maximum atomic E-state index is 6.10. The molecule has 0 amide bonds. The first kappa shape index (κ1) is 26.0. The van der Waals surface area contributed by atoms with Gasteiger partial charge in [0.05, 0.1) is 39.1 Å². The van der Waals surface area contributed by atoms with E-state index in [0.29, 0.717) is 25.4 Å². The minimum absolute atomic E-state index is 0. The fourth-order valence-electron chi connectivity index (χ4n) is 3.93. The Morgan fingerprint density at radius 1 is 1.19 bits per heavy atom. The minimum Gasteiger partial charge on any atom is -0.493 e. The number of halogens is 1. The van der Waals surface area contributed by atoms with Gasteiger partial charge >= 0.3 is 0 Å². The summed E-state index contributed by atoms with van der Waals surface area (Å²) >= 11 is 0. The minimum atomic E-state index is 0. The third-order valence-electron chi connectivity index (χ3n) is 5.56. The summed E-state index contributed by atoms with van der Waals surface area (Å²) in [6.45, 7) is 9.66. The topological polar surface area (TPSA) is 64.6 Å². The van der Waals surface area contributed by atoms with Gasteiger partial charge in [0.25, 0.3) is 0 Å². The first-order valence-electron chi connectivity index (χ1n) is 11.3. The number of nitrogens with zero attached hydrogens (tertiary/aromatic N) is 2. The van der Waals surface area contributed by atoms with Crippen LogP contribution in [0.4, 0.5) is 0 Å². The zero-order chi connectivity index (χ0) is 21.2. The molecule has 1 N–H and O–H groups in total. The molecule has 1 unspecified atom stereocenters. The van der Waals surface area contributed by atoms with Gasteiger partial charge in [-0.3, -0.25) is 0 Å². The monoisotopic (exact) mass is 547 g/mol. The molecule has 1 aromatic carbocycles. The molecule has 2 fully saturated rings. The van der Waals surface area contributed by atoms with E-state index in [4.69, 9.17) is 23.9 Å². The fourth-order valence-corrected chi connectivity index (χ4v) is 3.93. The van der Waals surface area contributed by atoms with Crippen LogP contribution in [0.1, 0.15) is 45.1 Å². The van der Waals surface area contributed by atoms with Gasteiger partial charge in [-0.1, -0.05) is 6.07 Å². The molecular formula is C23H38IN3O4. The number of hydrogen-bond acceptors (Lipinski definition) is 5. The normalized spacial score (nSPS) is 19.8. The van der Waals surface area contributed by atoms with Crippen LogP contribution in [0.25, 0.3) is 0 Å². The summed E-state index contributed by atoms with van der Waals surface area (Å²) in [7, 11) is 1.66. The number of aliphatic imine (C=N–C) groups is 1. The number of benzene rings is 1. The van der Waals surface area contributed by atoms with Crippen LogP contribution in [0.5, 0.6) is 11.5 Å². The molecule has 1 aromatic rings. The second-order valence-corrected chi connectivity index (χ2v) is 7.74. The van der Waals surface area contributed by atoms with Gasteiger partial charge in [0, 0.05) is 26.2 Å². The van der Waals surface area contributed by atoms with E-state index in [1.165, 1.54) is 0 Å². The van der Waals surface area contributed by atoms with Gasteiger partial charge < -0.3 is 29.2 Å². The molecule has 0 bridgehead atoms. The van der Waals surface area contributed by atoms with Gasteiger partial charge in [-0.15, -0.1) is 24.0 Å². The average Bonchev–Trinajstić information content (AvgIpc) is 3.30. The van der Waals surface area contributed by atoms with Gasteiger partial charge in [-0.05, 0) is 57.2 Å². The second kappa shape index (κ2) is 14.0. The lowest BCUT2D eigenvalue weighted by Crippen LogP contribution is -2.47. The van der Waals surface area contributed by atoms with Gasteiger partial charge in [0.15, 0.2) is 17.5 Å². The lowest BCUT2D eigenvalue weighted by Gasteiger charge is -2.34. The molecule has 176 valence electrons. The van der Waals surface area contributed by atoms with Crippen LogP contribution in [0.2, 0.25) is 0 Å². The quantitative estimate of drug-likeness (QED) is 0.288. The van der Waals surface area contributed by atoms with E-state index in [1.54, 1.807) is 7.11 Å². The fraction of sp³-hybridized carbons (Fsp3) is 0.696. The molecule has 7 nitrogen and oxygen atoms in total. The molecular weight excluding hydrogens is 509 g/mol. The smallest absolute Gasteiger partial charge is 0.194 e. The zero-order valence-electron chi connectivity index (χ0n) is 19.1. The van der Waals surface area contributed by atoms with E-state index in [1.807, 2.05) is 25.1 Å². The summed E-state index contributed by atoms with van der Waals surface area (Å²) < 4.78 is 22.8. The van der Waals surface area contributed by atoms with Crippen LogP contribution in [0, 0.1) is 0 Å². The van der Waals surface area contributed by atoms with Crippen LogP contribution >= 0.6 is 24.0 Å². The highest BCUT2D eigenvalue weighted by Crippen LogP contribution is 2.28. The van der Waals surface area contributed by atoms with E-state index < -0.39 is 0 Å². The number of hydrogen-bond donors (Lipinski definition) is 1. The number of piperidine rings is 1. The summed E-state index contributed by atoms with van der Waals surface area (Å²) in [6.07, 6.45) is 4.96. The lowest BCUT2D eigenvalue weighted by molar-refractivity contribution is -0.0367. The molecule has 0 aromatic heterocycles. The highest BCUT2D eigenvalue weighted by Gasteiger charge is 2.24. The van der Waals surface area contributed by atoms with E-state index in [9.17, 15) is 0 Å². The second-order valence-electron chi connectivity index (χ2n) is 7.74. The van der Waals surface area contributed by atoms with Crippen molar-refractivity contribution in [1.29, 1.82) is 0 Å². The number of rotatable bonds is 9. The third kappa shape index (κ3) is 7.98. The van der Waals surface area contributed by atoms with E-state index >= 15 is 0 Å². The number of guanidine groups is 1. The first-order valence-corrected chi connectivity index (χ1v) is 11.3. The number of methoxy groups -OCH3 is 1. The molecule has 0 spiro atoms. The maximum absolute atomic E-state index is 6.10. The Morgan fingerprint density at radius 3 is 2.65 bits per heavy atom. The summed E-state index contributed by atoms with van der Waals surface area (Å²) in [5.41, 5.74) is 1.10. The number of nitrogens with one attached hydrogen (secondary N) is 1. The lowest BCUT2D eigenvalue weighted by atomic mass is 10.1. The predicted octanol–water partition coefficient (Wildman–Crippen LogP) is 3.84. The van der Waals surface area contributed by atoms with Crippen molar-refractivity contribution in [2.45, 2.75) is 58.3 Å². The molecule has 3 rings (SSSR count). The van der Waals surface area contributed by atoms with Crippen LogP contribution in [-0.2, 0) is 16.0 Å². The van der Waals surface area contributed by atoms with E-state index in [0.717, 1.165) is 81.6 Å². The van der Waals surface area contributed by atoms with Crippen molar-refractivity contribution in [2.24, 2.45) is 4.99 Å². The molecule has 1 atom stereocenters. The Labute approximate surface area is 203 Å². The summed E-state index contributed by atoms with van der Waals surface area (Å²) in [5.74, 6) is 2.48. The van der Waals surface area contributed by atoms with Crippen molar-refractivity contribution in [3.05, 3.63) is 23.8 Å². The molecule has 2 aliphatic heterocycles. The summed E-state index contributed by atoms with van der Waals surface area (Å²) in [6, 6.07) is 6.00. The molecule has 0 saturated carbocycles. The van der Waals surface area contributed by atoms with Gasteiger partial charge in [-0.25, -0.2) is 4.99 Å². The summed E-state index contributed by atoms with van der Waals surface area (Å²) in [4.78, 5) is 7.21. The molecule has 2 aliphatic rings. The zero-order valence-corrected chi connectivity index (χ0v) is 21.4. The van der Waals surface area contributed by atoms with E-state index in [-0.39, 0.29) is 24.0 Å². The van der Waals surface area contributed by atoms with Crippen molar-refractivity contribution < 1.29 is 18.9 Å². The molecule has 2 saturated heterocycles. The largest absolute Gasteiger partial charge is 0.493 e. The SMILES string of the molecule is CCNC(=NCc1ccc(OC)c(OCC)c1)N1CCC(OCC2CCCO2)CC1.I. The van der Waals surface area contributed by atoms with Gasteiger partial charge in [-0.2, -0.15) is 0 Å². The van der Waals surface area contributed by atoms with Crippen molar-refractivity contribution >= 4 is 29.9 Å². The Morgan fingerprint density at radius 2 is 2.00 bits per heavy atom. The number of likely N-dealkylation sites (tertiary alicyclic amines) is 1. The maximum Gasteiger partial charge on any atom is 0.194 e. The highest BCUT2D eigenvalue weighted by molar-refractivity contribution is 14.0. The number of ether oxygens (including phenoxy) is 4. The molecule has 0 radical (unpaired) electrons.